The SMILES string of the molecule is CNCc1cn[nH]c1S(=O)(=O)NC(C)C(C)C. The highest BCUT2D eigenvalue weighted by Crippen LogP contribution is 2.13. The van der Waals surface area contributed by atoms with Crippen molar-refractivity contribution in [1.82, 2.24) is 20.2 Å². The van der Waals surface area contributed by atoms with E-state index in [2.05, 4.69) is 20.2 Å². The molecule has 17 heavy (non-hydrogen) atoms. The molecule has 0 spiro atoms. The van der Waals surface area contributed by atoms with Crippen LogP contribution in [0.2, 0.25) is 0 Å². The van der Waals surface area contributed by atoms with Gasteiger partial charge >= 0.3 is 0 Å². The Labute approximate surface area is 102 Å². The Kier molecular flexibility index (Phi) is 4.67. The second kappa shape index (κ2) is 5.61. The highest BCUT2D eigenvalue weighted by atomic mass is 32.2. The van der Waals surface area contributed by atoms with E-state index >= 15 is 0 Å². The fraction of sp³-hybridized carbons (Fsp3) is 0.700. The first-order chi connectivity index (χ1) is 7.88. The summed E-state index contributed by atoms with van der Waals surface area (Å²) in [5, 5.41) is 9.35. The van der Waals surface area contributed by atoms with Crippen LogP contribution in [0.25, 0.3) is 0 Å². The monoisotopic (exact) mass is 260 g/mol. The van der Waals surface area contributed by atoms with Crippen molar-refractivity contribution in [3.8, 4) is 0 Å². The van der Waals surface area contributed by atoms with Crippen molar-refractivity contribution in [3.05, 3.63) is 11.8 Å². The summed E-state index contributed by atoms with van der Waals surface area (Å²) in [5.41, 5.74) is 0.635. The van der Waals surface area contributed by atoms with Crippen molar-refractivity contribution in [2.45, 2.75) is 38.4 Å². The minimum atomic E-state index is -3.52. The number of nitrogens with one attached hydrogen (secondary N) is 3. The van der Waals surface area contributed by atoms with Crippen LogP contribution < -0.4 is 10.0 Å². The van der Waals surface area contributed by atoms with Crippen molar-refractivity contribution in [3.63, 3.8) is 0 Å². The molecule has 0 aliphatic carbocycles. The molecule has 98 valence electrons. The molecule has 0 bridgehead atoms. The Balaban J connectivity index is 2.93. The first kappa shape index (κ1) is 14.1. The van der Waals surface area contributed by atoms with Crippen molar-refractivity contribution >= 4 is 10.0 Å². The topological polar surface area (TPSA) is 86.9 Å². The molecule has 0 aromatic carbocycles. The lowest BCUT2D eigenvalue weighted by molar-refractivity contribution is 0.475. The third kappa shape index (κ3) is 3.52. The average molecular weight is 260 g/mol. The van der Waals surface area contributed by atoms with E-state index in [0.717, 1.165) is 0 Å². The van der Waals surface area contributed by atoms with Crippen LogP contribution in [-0.2, 0) is 16.6 Å². The molecule has 1 atom stereocenters. The molecule has 1 rings (SSSR count). The van der Waals surface area contributed by atoms with Gasteiger partial charge in [-0.1, -0.05) is 13.8 Å². The van der Waals surface area contributed by atoms with E-state index in [1.807, 2.05) is 20.8 Å². The predicted molar refractivity (Wildman–Crippen MR) is 66.0 cm³/mol. The summed E-state index contributed by atoms with van der Waals surface area (Å²) in [5.74, 6) is 0.237. The molecule has 1 aromatic heterocycles. The van der Waals surface area contributed by atoms with E-state index < -0.39 is 10.0 Å². The predicted octanol–water partition coefficient (Wildman–Crippen LogP) is 0.452. The zero-order valence-electron chi connectivity index (χ0n) is 10.6. The highest BCUT2D eigenvalue weighted by molar-refractivity contribution is 7.89. The van der Waals surface area contributed by atoms with Crippen molar-refractivity contribution in [2.24, 2.45) is 5.92 Å². The fourth-order valence-electron chi connectivity index (χ4n) is 1.29. The summed E-state index contributed by atoms with van der Waals surface area (Å²) < 4.78 is 26.8. The number of H-pyrrole nitrogens is 1. The number of hydrogen-bond donors (Lipinski definition) is 3. The van der Waals surface area contributed by atoms with Gasteiger partial charge in [0.2, 0.25) is 0 Å². The summed E-state index contributed by atoms with van der Waals surface area (Å²) in [7, 11) is -1.76. The molecule has 0 aliphatic rings. The smallest absolute Gasteiger partial charge is 0.258 e. The van der Waals surface area contributed by atoms with Crippen LogP contribution in [0.3, 0.4) is 0 Å². The Hall–Kier alpha value is -0.920. The molecule has 0 radical (unpaired) electrons. The van der Waals surface area contributed by atoms with Gasteiger partial charge in [0.05, 0.1) is 6.20 Å². The van der Waals surface area contributed by atoms with E-state index in [1.54, 1.807) is 7.05 Å². The van der Waals surface area contributed by atoms with Crippen molar-refractivity contribution in [1.29, 1.82) is 0 Å². The van der Waals surface area contributed by atoms with Crippen LogP contribution in [0.1, 0.15) is 26.3 Å². The van der Waals surface area contributed by atoms with Crippen LogP contribution >= 0.6 is 0 Å². The minimum absolute atomic E-state index is 0.120. The maximum atomic E-state index is 12.1. The molecular formula is C10H20N4O2S. The molecular weight excluding hydrogens is 240 g/mol. The molecule has 3 N–H and O–H groups in total. The van der Waals surface area contributed by atoms with Gasteiger partial charge in [-0.15, -0.1) is 0 Å². The van der Waals surface area contributed by atoms with E-state index in [9.17, 15) is 8.42 Å². The van der Waals surface area contributed by atoms with Gasteiger partial charge in [-0.3, -0.25) is 5.10 Å². The number of sulfonamides is 1. The normalized spacial score (nSPS) is 14.2. The van der Waals surface area contributed by atoms with E-state index in [0.29, 0.717) is 12.1 Å². The lowest BCUT2D eigenvalue weighted by atomic mass is 10.1. The Morgan fingerprint density at radius 2 is 2.06 bits per heavy atom. The van der Waals surface area contributed by atoms with Crippen LogP contribution in [0.5, 0.6) is 0 Å². The number of rotatable bonds is 6. The highest BCUT2D eigenvalue weighted by Gasteiger charge is 2.23. The maximum absolute atomic E-state index is 12.1. The number of aromatic nitrogens is 2. The van der Waals surface area contributed by atoms with E-state index in [1.165, 1.54) is 6.20 Å². The zero-order valence-corrected chi connectivity index (χ0v) is 11.4. The fourth-order valence-corrected chi connectivity index (χ4v) is 2.81. The van der Waals surface area contributed by atoms with E-state index in [-0.39, 0.29) is 17.0 Å². The van der Waals surface area contributed by atoms with Gasteiger partial charge in [0.25, 0.3) is 10.0 Å². The van der Waals surface area contributed by atoms with Gasteiger partial charge in [-0.25, -0.2) is 13.1 Å². The summed E-state index contributed by atoms with van der Waals surface area (Å²) in [6, 6.07) is -0.120. The van der Waals surface area contributed by atoms with Gasteiger partial charge in [-0.2, -0.15) is 5.10 Å². The molecule has 1 heterocycles. The maximum Gasteiger partial charge on any atom is 0.258 e. The molecule has 1 aromatic rings. The van der Waals surface area contributed by atoms with Gasteiger partial charge < -0.3 is 5.32 Å². The molecule has 0 aliphatic heterocycles. The Morgan fingerprint density at radius 3 is 2.59 bits per heavy atom. The van der Waals surface area contributed by atoms with Crippen LogP contribution in [0, 0.1) is 5.92 Å². The molecule has 0 saturated heterocycles. The van der Waals surface area contributed by atoms with Crippen LogP contribution in [0.15, 0.2) is 11.2 Å². The van der Waals surface area contributed by atoms with Crippen LogP contribution in [0.4, 0.5) is 0 Å². The second-order valence-electron chi connectivity index (χ2n) is 4.41. The quantitative estimate of drug-likeness (QED) is 0.693. The molecule has 0 saturated carbocycles. The Bertz CT molecular complexity index is 453. The lowest BCUT2D eigenvalue weighted by Gasteiger charge is -2.17. The summed E-state index contributed by atoms with van der Waals surface area (Å²) >= 11 is 0. The average Bonchev–Trinajstić information content (AvgIpc) is 2.66. The third-order valence-electron chi connectivity index (χ3n) is 2.66. The first-order valence-corrected chi connectivity index (χ1v) is 7.06. The number of hydrogen-bond acceptors (Lipinski definition) is 4. The largest absolute Gasteiger partial charge is 0.316 e. The lowest BCUT2D eigenvalue weighted by Crippen LogP contribution is -2.36. The molecule has 1 unspecified atom stereocenters. The number of nitrogens with zero attached hydrogens (tertiary/aromatic N) is 1. The van der Waals surface area contributed by atoms with Gasteiger partial charge in [0, 0.05) is 18.2 Å². The Morgan fingerprint density at radius 1 is 1.41 bits per heavy atom. The second-order valence-corrected chi connectivity index (χ2v) is 6.06. The number of aromatic amines is 1. The standard InChI is InChI=1S/C10H20N4O2S/c1-7(2)8(3)14-17(15,16)10-9(5-11-4)6-12-13-10/h6-8,11,14H,5H2,1-4H3,(H,12,13). The minimum Gasteiger partial charge on any atom is -0.316 e. The van der Waals surface area contributed by atoms with Gasteiger partial charge in [0.15, 0.2) is 5.03 Å². The van der Waals surface area contributed by atoms with Crippen molar-refractivity contribution < 1.29 is 8.42 Å². The van der Waals surface area contributed by atoms with Crippen molar-refractivity contribution in [2.75, 3.05) is 7.05 Å². The summed E-state index contributed by atoms with van der Waals surface area (Å²) in [4.78, 5) is 0. The molecule has 6 nitrogen and oxygen atoms in total. The molecule has 0 fully saturated rings. The molecule has 0 amide bonds. The zero-order chi connectivity index (χ0) is 13.1. The first-order valence-electron chi connectivity index (χ1n) is 5.57. The summed E-state index contributed by atoms with van der Waals surface area (Å²) in [6.07, 6.45) is 1.52. The summed E-state index contributed by atoms with van der Waals surface area (Å²) in [6.45, 7) is 6.24. The van der Waals surface area contributed by atoms with Crippen LogP contribution in [-0.4, -0.2) is 31.7 Å². The molecule has 7 heteroatoms. The van der Waals surface area contributed by atoms with Gasteiger partial charge in [-0.05, 0) is 19.9 Å². The van der Waals surface area contributed by atoms with Gasteiger partial charge in [0.1, 0.15) is 0 Å². The van der Waals surface area contributed by atoms with E-state index in [4.69, 9.17) is 0 Å². The third-order valence-corrected chi connectivity index (χ3v) is 4.23.